The zero-order valence-corrected chi connectivity index (χ0v) is 11.9. The SMILES string of the molecule is C=CCCN(CC(=C)C1CC1)C(=O)OC(C)(C)C. The van der Waals surface area contributed by atoms with Crippen molar-refractivity contribution < 1.29 is 9.53 Å². The zero-order valence-electron chi connectivity index (χ0n) is 11.9. The van der Waals surface area contributed by atoms with E-state index in [0.29, 0.717) is 19.0 Å². The van der Waals surface area contributed by atoms with E-state index < -0.39 is 5.60 Å². The summed E-state index contributed by atoms with van der Waals surface area (Å²) in [6.45, 7) is 14.7. The Morgan fingerprint density at radius 3 is 2.50 bits per heavy atom. The van der Waals surface area contributed by atoms with Crippen LogP contribution >= 0.6 is 0 Å². The highest BCUT2D eigenvalue weighted by atomic mass is 16.6. The highest BCUT2D eigenvalue weighted by Crippen LogP contribution is 2.35. The maximum atomic E-state index is 12.1. The molecule has 1 aliphatic rings. The lowest BCUT2D eigenvalue weighted by molar-refractivity contribution is 0.0268. The van der Waals surface area contributed by atoms with Crippen LogP contribution in [0, 0.1) is 5.92 Å². The molecule has 0 aromatic rings. The van der Waals surface area contributed by atoms with Crippen LogP contribution in [0.3, 0.4) is 0 Å². The van der Waals surface area contributed by atoms with Crippen LogP contribution in [0.4, 0.5) is 4.79 Å². The lowest BCUT2D eigenvalue weighted by Gasteiger charge is -2.27. The van der Waals surface area contributed by atoms with Crippen molar-refractivity contribution in [1.82, 2.24) is 4.90 Å². The molecule has 1 fully saturated rings. The molecule has 18 heavy (non-hydrogen) atoms. The standard InChI is InChI=1S/C15H25NO2/c1-6-7-10-16(11-12(2)13-8-9-13)14(17)18-15(3,4)5/h6,13H,1-2,7-11H2,3-5H3. The lowest BCUT2D eigenvalue weighted by Crippen LogP contribution is -2.38. The Balaban J connectivity index is 2.55. The van der Waals surface area contributed by atoms with Crippen molar-refractivity contribution in [2.45, 2.75) is 45.6 Å². The topological polar surface area (TPSA) is 29.5 Å². The number of nitrogens with zero attached hydrogens (tertiary/aromatic N) is 1. The Morgan fingerprint density at radius 2 is 2.06 bits per heavy atom. The molecular formula is C15H25NO2. The zero-order chi connectivity index (χ0) is 13.8. The molecule has 102 valence electrons. The van der Waals surface area contributed by atoms with Gasteiger partial charge in [0.15, 0.2) is 0 Å². The van der Waals surface area contributed by atoms with Crippen LogP contribution in [0.1, 0.15) is 40.0 Å². The molecule has 0 unspecified atom stereocenters. The van der Waals surface area contributed by atoms with Gasteiger partial charge in [-0.05, 0) is 46.0 Å². The summed E-state index contributed by atoms with van der Waals surface area (Å²) in [5.74, 6) is 0.610. The van der Waals surface area contributed by atoms with Crippen LogP contribution in [0.15, 0.2) is 24.8 Å². The summed E-state index contributed by atoms with van der Waals surface area (Å²) in [6.07, 6.45) is 4.76. The van der Waals surface area contributed by atoms with Gasteiger partial charge in [0, 0.05) is 13.1 Å². The van der Waals surface area contributed by atoms with Gasteiger partial charge in [0.1, 0.15) is 5.60 Å². The van der Waals surface area contributed by atoms with Crippen LogP contribution in [-0.2, 0) is 4.74 Å². The van der Waals surface area contributed by atoms with Crippen LogP contribution in [0.25, 0.3) is 0 Å². The van der Waals surface area contributed by atoms with E-state index in [0.717, 1.165) is 12.0 Å². The minimum absolute atomic E-state index is 0.258. The molecule has 0 aromatic carbocycles. The van der Waals surface area contributed by atoms with Crippen molar-refractivity contribution in [2.75, 3.05) is 13.1 Å². The molecule has 1 saturated carbocycles. The van der Waals surface area contributed by atoms with Gasteiger partial charge in [-0.3, -0.25) is 0 Å². The van der Waals surface area contributed by atoms with E-state index in [2.05, 4.69) is 13.2 Å². The molecule has 0 heterocycles. The van der Waals surface area contributed by atoms with Gasteiger partial charge in [0.25, 0.3) is 0 Å². The molecule has 0 bridgehead atoms. The van der Waals surface area contributed by atoms with E-state index in [4.69, 9.17) is 4.74 Å². The predicted octanol–water partition coefficient (Wildman–Crippen LogP) is 3.77. The van der Waals surface area contributed by atoms with Crippen LogP contribution < -0.4 is 0 Å². The second-order valence-corrected chi connectivity index (χ2v) is 5.91. The van der Waals surface area contributed by atoms with Gasteiger partial charge in [-0.2, -0.15) is 0 Å². The van der Waals surface area contributed by atoms with Gasteiger partial charge >= 0.3 is 6.09 Å². The third-order valence-electron chi connectivity index (χ3n) is 2.80. The maximum Gasteiger partial charge on any atom is 0.410 e. The Bertz CT molecular complexity index is 324. The average Bonchev–Trinajstić information content (AvgIpc) is 3.04. The first kappa shape index (κ1) is 14.8. The molecule has 0 radical (unpaired) electrons. The van der Waals surface area contributed by atoms with Crippen LogP contribution in [0.5, 0.6) is 0 Å². The number of hydrogen-bond donors (Lipinski definition) is 0. The Hall–Kier alpha value is -1.25. The molecule has 1 rings (SSSR count). The van der Waals surface area contributed by atoms with E-state index in [1.165, 1.54) is 12.8 Å². The van der Waals surface area contributed by atoms with Gasteiger partial charge in [0.2, 0.25) is 0 Å². The van der Waals surface area contributed by atoms with Crippen molar-refractivity contribution in [2.24, 2.45) is 5.92 Å². The first-order valence-corrected chi connectivity index (χ1v) is 6.60. The van der Waals surface area contributed by atoms with Crippen molar-refractivity contribution in [3.63, 3.8) is 0 Å². The maximum absolute atomic E-state index is 12.1. The van der Waals surface area contributed by atoms with Gasteiger partial charge in [0.05, 0.1) is 0 Å². The summed E-state index contributed by atoms with van der Waals surface area (Å²) in [5, 5.41) is 0. The van der Waals surface area contributed by atoms with E-state index in [-0.39, 0.29) is 6.09 Å². The fraction of sp³-hybridized carbons (Fsp3) is 0.667. The van der Waals surface area contributed by atoms with E-state index in [1.807, 2.05) is 26.8 Å². The average molecular weight is 251 g/mol. The molecule has 1 amide bonds. The Kier molecular flexibility index (Phi) is 5.00. The van der Waals surface area contributed by atoms with E-state index >= 15 is 0 Å². The minimum atomic E-state index is -0.454. The number of carbonyl (C=O) groups excluding carboxylic acids is 1. The Labute approximate surface area is 110 Å². The van der Waals surface area contributed by atoms with Crippen LogP contribution in [-0.4, -0.2) is 29.7 Å². The predicted molar refractivity (Wildman–Crippen MR) is 74.5 cm³/mol. The second-order valence-electron chi connectivity index (χ2n) is 5.91. The molecule has 0 aliphatic heterocycles. The summed E-state index contributed by atoms with van der Waals surface area (Å²) in [7, 11) is 0. The van der Waals surface area contributed by atoms with E-state index in [1.54, 1.807) is 4.90 Å². The number of amides is 1. The number of rotatable bonds is 6. The van der Waals surface area contributed by atoms with E-state index in [9.17, 15) is 4.79 Å². The monoisotopic (exact) mass is 251 g/mol. The number of carbonyl (C=O) groups is 1. The molecule has 1 aliphatic carbocycles. The molecule has 0 N–H and O–H groups in total. The largest absolute Gasteiger partial charge is 0.444 e. The highest BCUT2D eigenvalue weighted by molar-refractivity contribution is 5.68. The van der Waals surface area contributed by atoms with Crippen LogP contribution in [0.2, 0.25) is 0 Å². The fourth-order valence-electron chi connectivity index (χ4n) is 1.67. The molecule has 0 spiro atoms. The van der Waals surface area contributed by atoms with Gasteiger partial charge in [-0.1, -0.05) is 18.2 Å². The van der Waals surface area contributed by atoms with Gasteiger partial charge < -0.3 is 9.64 Å². The van der Waals surface area contributed by atoms with Gasteiger partial charge in [-0.25, -0.2) is 4.79 Å². The van der Waals surface area contributed by atoms with Crippen molar-refractivity contribution >= 4 is 6.09 Å². The number of hydrogen-bond acceptors (Lipinski definition) is 2. The van der Waals surface area contributed by atoms with Crippen molar-refractivity contribution in [3.05, 3.63) is 24.8 Å². The molecule has 0 saturated heterocycles. The first-order chi connectivity index (χ1) is 8.33. The normalized spacial score (nSPS) is 15.1. The van der Waals surface area contributed by atoms with Crippen molar-refractivity contribution in [1.29, 1.82) is 0 Å². The second kappa shape index (κ2) is 6.07. The molecule has 0 aromatic heterocycles. The third kappa shape index (κ3) is 5.39. The number of ether oxygens (including phenoxy) is 1. The summed E-state index contributed by atoms with van der Waals surface area (Å²) < 4.78 is 5.41. The smallest absolute Gasteiger partial charge is 0.410 e. The molecule has 3 heteroatoms. The fourth-order valence-corrected chi connectivity index (χ4v) is 1.67. The minimum Gasteiger partial charge on any atom is -0.444 e. The molecular weight excluding hydrogens is 226 g/mol. The highest BCUT2D eigenvalue weighted by Gasteiger charge is 2.28. The summed E-state index contributed by atoms with van der Waals surface area (Å²) in [6, 6.07) is 0. The summed E-state index contributed by atoms with van der Waals surface area (Å²) >= 11 is 0. The van der Waals surface area contributed by atoms with Gasteiger partial charge in [-0.15, -0.1) is 6.58 Å². The lowest BCUT2D eigenvalue weighted by atomic mass is 10.2. The van der Waals surface area contributed by atoms with Crippen molar-refractivity contribution in [3.8, 4) is 0 Å². The third-order valence-corrected chi connectivity index (χ3v) is 2.80. The molecule has 0 atom stereocenters. The Morgan fingerprint density at radius 1 is 1.44 bits per heavy atom. The summed E-state index contributed by atoms with van der Waals surface area (Å²) in [4.78, 5) is 13.8. The summed E-state index contributed by atoms with van der Waals surface area (Å²) in [5.41, 5.74) is 0.690. The quantitative estimate of drug-likeness (QED) is 0.673. The molecule has 3 nitrogen and oxygen atoms in total. The first-order valence-electron chi connectivity index (χ1n) is 6.60.